The van der Waals surface area contributed by atoms with E-state index in [9.17, 15) is 9.59 Å². The van der Waals surface area contributed by atoms with Gasteiger partial charge in [0, 0.05) is 29.5 Å². The zero-order valence-electron chi connectivity index (χ0n) is 11.3. The number of hydrogen-bond acceptors (Lipinski definition) is 2. The van der Waals surface area contributed by atoms with Crippen molar-refractivity contribution in [3.63, 3.8) is 0 Å². The summed E-state index contributed by atoms with van der Waals surface area (Å²) in [5, 5.41) is 0. The summed E-state index contributed by atoms with van der Waals surface area (Å²) in [7, 11) is 1.85. The van der Waals surface area contributed by atoms with E-state index in [0.29, 0.717) is 18.6 Å². The van der Waals surface area contributed by atoms with Crippen LogP contribution in [0, 0.1) is 10.5 Å². The van der Waals surface area contributed by atoms with Crippen molar-refractivity contribution < 1.29 is 9.59 Å². The number of rotatable bonds is 2. The lowest BCUT2D eigenvalue weighted by atomic mass is 9.93. The van der Waals surface area contributed by atoms with Crippen molar-refractivity contribution in [2.24, 2.45) is 0 Å². The maximum absolute atomic E-state index is 12.5. The fourth-order valence-electron chi connectivity index (χ4n) is 2.48. The molecule has 0 bridgehead atoms. The minimum absolute atomic E-state index is 0.0625. The number of carbonyl (C=O) groups is 2. The first-order chi connectivity index (χ1) is 9.00. The predicted molar refractivity (Wildman–Crippen MR) is 83.3 cm³/mol. The van der Waals surface area contributed by atoms with E-state index < -0.39 is 0 Å². The Hall–Kier alpha value is -0.910. The van der Waals surface area contributed by atoms with Crippen molar-refractivity contribution in [2.45, 2.75) is 38.6 Å². The molecule has 0 aliphatic heterocycles. The van der Waals surface area contributed by atoms with Crippen LogP contribution < -0.4 is 0 Å². The Labute approximate surface area is 127 Å². The van der Waals surface area contributed by atoms with Crippen molar-refractivity contribution in [3.05, 3.63) is 32.9 Å². The number of carbonyl (C=O) groups excluding carboxylic acids is 2. The van der Waals surface area contributed by atoms with Crippen LogP contribution in [0.5, 0.6) is 0 Å². The molecule has 1 saturated carbocycles. The summed E-state index contributed by atoms with van der Waals surface area (Å²) in [4.78, 5) is 25.6. The summed E-state index contributed by atoms with van der Waals surface area (Å²) < 4.78 is 1.02. The summed E-state index contributed by atoms with van der Waals surface area (Å²) in [6.45, 7) is 2.01. The Morgan fingerprint density at radius 3 is 2.58 bits per heavy atom. The number of benzene rings is 1. The molecule has 3 nitrogen and oxygen atoms in total. The Balaban J connectivity index is 2.15. The lowest BCUT2D eigenvalue weighted by Gasteiger charge is -2.31. The fraction of sp³-hybridized carbons (Fsp3) is 0.467. The minimum atomic E-state index is 0.0625. The van der Waals surface area contributed by atoms with Gasteiger partial charge in [-0.1, -0.05) is 12.1 Å². The number of hydrogen-bond donors (Lipinski definition) is 0. The van der Waals surface area contributed by atoms with Crippen molar-refractivity contribution >= 4 is 34.3 Å². The molecule has 0 unspecified atom stereocenters. The van der Waals surface area contributed by atoms with Crippen LogP contribution in [-0.2, 0) is 4.79 Å². The third kappa shape index (κ3) is 3.16. The Morgan fingerprint density at radius 1 is 1.32 bits per heavy atom. The summed E-state index contributed by atoms with van der Waals surface area (Å²) in [6, 6.07) is 6.00. The van der Waals surface area contributed by atoms with E-state index in [2.05, 4.69) is 22.6 Å². The molecule has 0 atom stereocenters. The van der Waals surface area contributed by atoms with Gasteiger partial charge in [0.1, 0.15) is 5.78 Å². The van der Waals surface area contributed by atoms with Gasteiger partial charge in [-0.05, 0) is 54.0 Å². The molecule has 1 aromatic rings. The SMILES string of the molecule is Cc1cccc(C(=O)N(C)C2CCC(=O)CC2)c1I. The lowest BCUT2D eigenvalue weighted by molar-refractivity contribution is -0.121. The highest BCUT2D eigenvalue weighted by molar-refractivity contribution is 14.1. The standard InChI is InChI=1S/C15H18INO2/c1-10-4-3-5-13(14(10)16)15(19)17(2)11-6-8-12(18)9-7-11/h3-5,11H,6-9H2,1-2H3. The number of halogens is 1. The molecular formula is C15H18INO2. The molecule has 4 heteroatoms. The van der Waals surface area contributed by atoms with Crippen molar-refractivity contribution in [3.8, 4) is 0 Å². The average Bonchev–Trinajstić information content (AvgIpc) is 2.41. The van der Waals surface area contributed by atoms with Gasteiger partial charge in [0.15, 0.2) is 0 Å². The van der Waals surface area contributed by atoms with Crippen LogP contribution >= 0.6 is 22.6 Å². The third-order valence-corrected chi connectivity index (χ3v) is 5.23. The van der Waals surface area contributed by atoms with Gasteiger partial charge in [0.2, 0.25) is 0 Å². The number of amides is 1. The molecule has 1 aliphatic rings. The van der Waals surface area contributed by atoms with E-state index in [1.165, 1.54) is 0 Å². The first-order valence-corrected chi connectivity index (χ1v) is 7.62. The molecule has 1 amide bonds. The average molecular weight is 371 g/mol. The van der Waals surface area contributed by atoms with Gasteiger partial charge in [0.05, 0.1) is 5.56 Å². The van der Waals surface area contributed by atoms with Crippen molar-refractivity contribution in [1.82, 2.24) is 4.90 Å². The van der Waals surface area contributed by atoms with Gasteiger partial charge in [-0.3, -0.25) is 9.59 Å². The van der Waals surface area contributed by atoms with E-state index in [4.69, 9.17) is 0 Å². The normalized spacial score (nSPS) is 16.5. The van der Waals surface area contributed by atoms with E-state index >= 15 is 0 Å². The Bertz CT molecular complexity index is 503. The molecule has 0 saturated heterocycles. The molecule has 102 valence electrons. The van der Waals surface area contributed by atoms with E-state index in [1.54, 1.807) is 0 Å². The molecule has 1 aromatic carbocycles. The van der Waals surface area contributed by atoms with Crippen LogP contribution in [0.4, 0.5) is 0 Å². The maximum atomic E-state index is 12.5. The Kier molecular flexibility index (Phi) is 4.60. The summed E-state index contributed by atoms with van der Waals surface area (Å²) in [5.74, 6) is 0.384. The molecule has 19 heavy (non-hydrogen) atoms. The van der Waals surface area contributed by atoms with Gasteiger partial charge in [-0.25, -0.2) is 0 Å². The molecule has 0 N–H and O–H groups in total. The molecule has 0 aromatic heterocycles. The quantitative estimate of drug-likeness (QED) is 0.749. The smallest absolute Gasteiger partial charge is 0.254 e. The largest absolute Gasteiger partial charge is 0.339 e. The van der Waals surface area contributed by atoms with Crippen LogP contribution in [0.3, 0.4) is 0 Å². The monoisotopic (exact) mass is 371 g/mol. The molecule has 0 spiro atoms. The highest BCUT2D eigenvalue weighted by atomic mass is 127. The molecule has 0 radical (unpaired) electrons. The van der Waals surface area contributed by atoms with Crippen molar-refractivity contribution in [1.29, 1.82) is 0 Å². The van der Waals surface area contributed by atoms with Crippen LogP contribution in [0.15, 0.2) is 18.2 Å². The van der Waals surface area contributed by atoms with E-state index in [0.717, 1.165) is 27.5 Å². The highest BCUT2D eigenvalue weighted by Crippen LogP contribution is 2.23. The zero-order valence-corrected chi connectivity index (χ0v) is 13.4. The second-order valence-corrected chi connectivity index (χ2v) is 6.20. The fourth-order valence-corrected chi connectivity index (χ4v) is 3.07. The van der Waals surface area contributed by atoms with Crippen LogP contribution in [0.25, 0.3) is 0 Å². The topological polar surface area (TPSA) is 37.4 Å². The predicted octanol–water partition coefficient (Wildman–Crippen LogP) is 3.18. The second kappa shape index (κ2) is 6.03. The molecule has 1 aliphatic carbocycles. The number of aryl methyl sites for hydroxylation is 1. The first-order valence-electron chi connectivity index (χ1n) is 6.54. The summed E-state index contributed by atoms with van der Waals surface area (Å²) in [5.41, 5.74) is 1.89. The van der Waals surface area contributed by atoms with E-state index in [-0.39, 0.29) is 11.9 Å². The van der Waals surface area contributed by atoms with E-state index in [1.807, 2.05) is 37.1 Å². The van der Waals surface area contributed by atoms with Crippen molar-refractivity contribution in [2.75, 3.05) is 7.05 Å². The lowest BCUT2D eigenvalue weighted by Crippen LogP contribution is -2.39. The zero-order chi connectivity index (χ0) is 14.0. The summed E-state index contributed by atoms with van der Waals surface area (Å²) in [6.07, 6.45) is 2.80. The van der Waals surface area contributed by atoms with Gasteiger partial charge in [-0.2, -0.15) is 0 Å². The minimum Gasteiger partial charge on any atom is -0.339 e. The molecule has 0 heterocycles. The van der Waals surface area contributed by atoms with Gasteiger partial charge >= 0.3 is 0 Å². The van der Waals surface area contributed by atoms with Gasteiger partial charge in [0.25, 0.3) is 5.91 Å². The molecule has 2 rings (SSSR count). The van der Waals surface area contributed by atoms with Crippen LogP contribution in [0.1, 0.15) is 41.6 Å². The Morgan fingerprint density at radius 2 is 1.95 bits per heavy atom. The molecular weight excluding hydrogens is 353 g/mol. The number of nitrogens with zero attached hydrogens (tertiary/aromatic N) is 1. The van der Waals surface area contributed by atoms with Gasteiger partial charge in [-0.15, -0.1) is 0 Å². The maximum Gasteiger partial charge on any atom is 0.254 e. The number of ketones is 1. The number of Topliss-reactive ketones (excluding diaryl/α,β-unsaturated/α-hetero) is 1. The van der Waals surface area contributed by atoms with Crippen LogP contribution in [-0.4, -0.2) is 29.7 Å². The van der Waals surface area contributed by atoms with Crippen LogP contribution in [0.2, 0.25) is 0 Å². The summed E-state index contributed by atoms with van der Waals surface area (Å²) >= 11 is 2.23. The van der Waals surface area contributed by atoms with Gasteiger partial charge < -0.3 is 4.90 Å². The molecule has 1 fully saturated rings. The highest BCUT2D eigenvalue weighted by Gasteiger charge is 2.26. The second-order valence-electron chi connectivity index (χ2n) is 5.12. The third-order valence-electron chi connectivity index (χ3n) is 3.80. The first kappa shape index (κ1) is 14.5.